The summed E-state index contributed by atoms with van der Waals surface area (Å²) in [5.41, 5.74) is 2.17. The maximum absolute atomic E-state index is 12.9. The van der Waals surface area contributed by atoms with Gasteiger partial charge in [-0.3, -0.25) is 9.59 Å². The Hall–Kier alpha value is -3.60. The van der Waals surface area contributed by atoms with Gasteiger partial charge in [-0.1, -0.05) is 60.7 Å². The number of rotatable bonds is 7. The van der Waals surface area contributed by atoms with Gasteiger partial charge in [0.25, 0.3) is 5.91 Å². The van der Waals surface area contributed by atoms with Crippen LogP contribution < -0.4 is 15.4 Å². The number of methoxy groups -OCH3 is 1. The third-order valence-electron chi connectivity index (χ3n) is 4.33. The summed E-state index contributed by atoms with van der Waals surface area (Å²) in [4.78, 5) is 25.4. The lowest BCUT2D eigenvalue weighted by Crippen LogP contribution is -2.40. The van der Waals surface area contributed by atoms with Crippen LogP contribution in [0.4, 0.5) is 0 Å². The lowest BCUT2D eigenvalue weighted by atomic mass is 10.0. The molecule has 142 valence electrons. The summed E-state index contributed by atoms with van der Waals surface area (Å²) >= 11 is 0. The molecule has 1 atom stereocenters. The first-order chi connectivity index (χ1) is 13.7. The second kappa shape index (κ2) is 9.37. The summed E-state index contributed by atoms with van der Waals surface area (Å²) in [5.74, 6) is 0.188. The van der Waals surface area contributed by atoms with Gasteiger partial charge in [-0.15, -0.1) is 0 Å². The molecule has 0 heterocycles. The van der Waals surface area contributed by atoms with Gasteiger partial charge in [0.05, 0.1) is 7.11 Å². The smallest absolute Gasteiger partial charge is 0.252 e. The Bertz CT molecular complexity index is 910. The van der Waals surface area contributed by atoms with Crippen molar-refractivity contribution < 1.29 is 14.3 Å². The molecule has 3 rings (SSSR count). The fourth-order valence-electron chi connectivity index (χ4n) is 2.78. The summed E-state index contributed by atoms with van der Waals surface area (Å²) < 4.78 is 5.14. The summed E-state index contributed by atoms with van der Waals surface area (Å²) in [7, 11) is 1.61. The molecular formula is C23H22N2O3. The lowest BCUT2D eigenvalue weighted by molar-refractivity contribution is -0.123. The monoisotopic (exact) mass is 374 g/mol. The number of hydrogen-bond acceptors (Lipinski definition) is 3. The first-order valence-corrected chi connectivity index (χ1v) is 8.99. The molecule has 0 aliphatic carbocycles. The topological polar surface area (TPSA) is 67.4 Å². The van der Waals surface area contributed by atoms with Crippen LogP contribution >= 0.6 is 0 Å². The van der Waals surface area contributed by atoms with Gasteiger partial charge in [0, 0.05) is 12.1 Å². The molecule has 28 heavy (non-hydrogen) atoms. The maximum Gasteiger partial charge on any atom is 0.252 e. The van der Waals surface area contributed by atoms with Crippen molar-refractivity contribution >= 4 is 11.8 Å². The molecule has 0 radical (unpaired) electrons. The Balaban J connectivity index is 1.72. The van der Waals surface area contributed by atoms with Crippen LogP contribution in [0.2, 0.25) is 0 Å². The Morgan fingerprint density at radius 3 is 2.07 bits per heavy atom. The molecule has 0 unspecified atom stereocenters. The minimum atomic E-state index is -0.785. The lowest BCUT2D eigenvalue weighted by Gasteiger charge is -2.19. The number of amides is 2. The normalized spacial score (nSPS) is 11.3. The fourth-order valence-corrected chi connectivity index (χ4v) is 2.78. The Kier molecular flexibility index (Phi) is 6.41. The molecule has 2 N–H and O–H groups in total. The van der Waals surface area contributed by atoms with Crippen molar-refractivity contribution in [1.82, 2.24) is 10.6 Å². The molecule has 0 aromatic heterocycles. The van der Waals surface area contributed by atoms with Crippen molar-refractivity contribution in [3.63, 3.8) is 0 Å². The van der Waals surface area contributed by atoms with E-state index >= 15 is 0 Å². The second-order valence-corrected chi connectivity index (χ2v) is 6.25. The number of carbonyl (C=O) groups is 2. The minimum Gasteiger partial charge on any atom is -0.497 e. The summed E-state index contributed by atoms with van der Waals surface area (Å²) in [6.45, 7) is 0.355. The summed E-state index contributed by atoms with van der Waals surface area (Å²) in [6, 6.07) is 24.7. The van der Waals surface area contributed by atoms with E-state index in [0.717, 1.165) is 16.9 Å². The predicted octanol–water partition coefficient (Wildman–Crippen LogP) is 3.48. The third-order valence-corrected chi connectivity index (χ3v) is 4.33. The van der Waals surface area contributed by atoms with Crippen LogP contribution in [0.15, 0.2) is 84.9 Å². The maximum atomic E-state index is 12.9. The van der Waals surface area contributed by atoms with Crippen molar-refractivity contribution in [3.8, 4) is 5.75 Å². The largest absolute Gasteiger partial charge is 0.497 e. The van der Waals surface area contributed by atoms with Crippen LogP contribution in [-0.4, -0.2) is 18.9 Å². The van der Waals surface area contributed by atoms with Gasteiger partial charge in [0.2, 0.25) is 5.91 Å². The average molecular weight is 374 g/mol. The molecule has 5 heteroatoms. The van der Waals surface area contributed by atoms with E-state index in [0.29, 0.717) is 12.1 Å². The van der Waals surface area contributed by atoms with Gasteiger partial charge in [-0.05, 0) is 35.4 Å². The molecule has 3 aromatic rings. The number of ether oxygens (including phenoxy) is 1. The zero-order chi connectivity index (χ0) is 19.8. The zero-order valence-corrected chi connectivity index (χ0v) is 15.6. The van der Waals surface area contributed by atoms with Crippen molar-refractivity contribution in [1.29, 1.82) is 0 Å². The molecule has 0 aliphatic rings. The molecule has 0 spiro atoms. The van der Waals surface area contributed by atoms with Gasteiger partial charge in [0.15, 0.2) is 0 Å². The molecule has 0 saturated heterocycles. The highest BCUT2D eigenvalue weighted by molar-refractivity contribution is 5.97. The highest BCUT2D eigenvalue weighted by Crippen LogP contribution is 2.15. The second-order valence-electron chi connectivity index (χ2n) is 6.25. The van der Waals surface area contributed by atoms with Gasteiger partial charge in [0.1, 0.15) is 11.8 Å². The van der Waals surface area contributed by atoms with Gasteiger partial charge in [-0.2, -0.15) is 0 Å². The molecule has 2 amide bonds. The van der Waals surface area contributed by atoms with Gasteiger partial charge >= 0.3 is 0 Å². The van der Waals surface area contributed by atoms with Crippen LogP contribution in [-0.2, 0) is 11.3 Å². The molecular weight excluding hydrogens is 352 g/mol. The molecule has 0 bridgehead atoms. The fraction of sp³-hybridized carbons (Fsp3) is 0.130. The van der Waals surface area contributed by atoms with Crippen LogP contribution in [0.5, 0.6) is 5.75 Å². The van der Waals surface area contributed by atoms with E-state index in [4.69, 9.17) is 4.74 Å². The molecule has 3 aromatic carbocycles. The number of hydrogen-bond donors (Lipinski definition) is 2. The van der Waals surface area contributed by atoms with E-state index in [-0.39, 0.29) is 11.8 Å². The minimum absolute atomic E-state index is 0.272. The van der Waals surface area contributed by atoms with E-state index in [1.54, 1.807) is 31.4 Å². The van der Waals surface area contributed by atoms with Crippen molar-refractivity contribution in [3.05, 3.63) is 102 Å². The van der Waals surface area contributed by atoms with Crippen LogP contribution in [0.25, 0.3) is 0 Å². The summed E-state index contributed by atoms with van der Waals surface area (Å²) in [6.07, 6.45) is 0. The number of nitrogens with one attached hydrogen (secondary N) is 2. The predicted molar refractivity (Wildman–Crippen MR) is 108 cm³/mol. The molecule has 0 aliphatic heterocycles. The highest BCUT2D eigenvalue weighted by Gasteiger charge is 2.23. The van der Waals surface area contributed by atoms with Crippen molar-refractivity contribution in [2.24, 2.45) is 0 Å². The quantitative estimate of drug-likeness (QED) is 0.665. The van der Waals surface area contributed by atoms with E-state index in [1.165, 1.54) is 0 Å². The average Bonchev–Trinajstić information content (AvgIpc) is 2.77. The van der Waals surface area contributed by atoms with Crippen molar-refractivity contribution in [2.75, 3.05) is 7.11 Å². The van der Waals surface area contributed by atoms with E-state index in [1.807, 2.05) is 60.7 Å². The standard InChI is InChI=1S/C23H22N2O3/c1-28-20-14-12-17(13-15-20)16-24-23(27)21(18-8-4-2-5-9-18)25-22(26)19-10-6-3-7-11-19/h2-15,21H,16H2,1H3,(H,24,27)(H,25,26)/t21-/m0/s1. The van der Waals surface area contributed by atoms with Gasteiger partial charge < -0.3 is 15.4 Å². The third kappa shape index (κ3) is 4.98. The molecule has 0 saturated carbocycles. The zero-order valence-electron chi connectivity index (χ0n) is 15.6. The van der Waals surface area contributed by atoms with Crippen LogP contribution in [0.3, 0.4) is 0 Å². The molecule has 0 fully saturated rings. The van der Waals surface area contributed by atoms with Crippen LogP contribution in [0.1, 0.15) is 27.5 Å². The Morgan fingerprint density at radius 2 is 1.46 bits per heavy atom. The van der Waals surface area contributed by atoms with E-state index in [2.05, 4.69) is 10.6 Å². The SMILES string of the molecule is COc1ccc(CNC(=O)[C@@H](NC(=O)c2ccccc2)c2ccccc2)cc1. The van der Waals surface area contributed by atoms with Crippen LogP contribution in [0, 0.1) is 0 Å². The van der Waals surface area contributed by atoms with Crippen molar-refractivity contribution in [2.45, 2.75) is 12.6 Å². The first-order valence-electron chi connectivity index (χ1n) is 8.99. The van der Waals surface area contributed by atoms with E-state index in [9.17, 15) is 9.59 Å². The summed E-state index contributed by atoms with van der Waals surface area (Å²) in [5, 5.41) is 5.73. The number of benzene rings is 3. The van der Waals surface area contributed by atoms with Gasteiger partial charge in [-0.25, -0.2) is 0 Å². The van der Waals surface area contributed by atoms with E-state index < -0.39 is 6.04 Å². The molecule has 5 nitrogen and oxygen atoms in total. The highest BCUT2D eigenvalue weighted by atomic mass is 16.5. The Morgan fingerprint density at radius 1 is 0.857 bits per heavy atom. The first kappa shape index (κ1) is 19.2. The Labute approximate surface area is 164 Å². The number of carbonyl (C=O) groups excluding carboxylic acids is 2.